The molecular weight excluding hydrogens is 240 g/mol. The van der Waals surface area contributed by atoms with E-state index in [-0.39, 0.29) is 0 Å². The molecule has 1 fully saturated rings. The maximum atomic E-state index is 11.8. The SMILES string of the molecule is COc1cc(C(C)C)ccc1C1(C(=O)O)CCCC1. The first-order valence-electron chi connectivity index (χ1n) is 6.93. The van der Waals surface area contributed by atoms with Crippen molar-refractivity contribution in [3.8, 4) is 5.75 Å². The summed E-state index contributed by atoms with van der Waals surface area (Å²) in [5.41, 5.74) is 1.27. The van der Waals surface area contributed by atoms with E-state index in [9.17, 15) is 9.90 Å². The maximum Gasteiger partial charge on any atom is 0.314 e. The van der Waals surface area contributed by atoms with Crippen molar-refractivity contribution in [3.63, 3.8) is 0 Å². The molecule has 1 aliphatic carbocycles. The molecule has 0 bridgehead atoms. The van der Waals surface area contributed by atoms with Gasteiger partial charge in [-0.25, -0.2) is 0 Å². The van der Waals surface area contributed by atoms with Gasteiger partial charge in [0.05, 0.1) is 12.5 Å². The van der Waals surface area contributed by atoms with E-state index < -0.39 is 11.4 Å². The van der Waals surface area contributed by atoms with Crippen molar-refractivity contribution in [2.75, 3.05) is 7.11 Å². The molecule has 1 aromatic rings. The lowest BCUT2D eigenvalue weighted by Crippen LogP contribution is -2.33. The molecule has 0 saturated heterocycles. The van der Waals surface area contributed by atoms with Crippen LogP contribution in [0.15, 0.2) is 18.2 Å². The van der Waals surface area contributed by atoms with Crippen LogP contribution in [0, 0.1) is 0 Å². The fraction of sp³-hybridized carbons (Fsp3) is 0.562. The Kier molecular flexibility index (Phi) is 3.83. The Bertz CT molecular complexity index is 471. The lowest BCUT2D eigenvalue weighted by atomic mass is 9.78. The van der Waals surface area contributed by atoms with Crippen LogP contribution in [0.25, 0.3) is 0 Å². The first-order valence-corrected chi connectivity index (χ1v) is 6.93. The van der Waals surface area contributed by atoms with E-state index in [4.69, 9.17) is 4.74 Å². The third kappa shape index (κ3) is 2.34. The van der Waals surface area contributed by atoms with Gasteiger partial charge >= 0.3 is 5.97 Å². The second-order valence-electron chi connectivity index (χ2n) is 5.71. The fourth-order valence-electron chi connectivity index (χ4n) is 3.04. The summed E-state index contributed by atoms with van der Waals surface area (Å²) in [6.45, 7) is 4.24. The number of hydrogen-bond acceptors (Lipinski definition) is 2. The van der Waals surface area contributed by atoms with Crippen molar-refractivity contribution in [3.05, 3.63) is 29.3 Å². The maximum absolute atomic E-state index is 11.8. The number of hydrogen-bond donors (Lipinski definition) is 1. The molecule has 0 atom stereocenters. The normalized spacial score (nSPS) is 17.7. The van der Waals surface area contributed by atoms with Gasteiger partial charge in [0.2, 0.25) is 0 Å². The van der Waals surface area contributed by atoms with Gasteiger partial charge in [0.25, 0.3) is 0 Å². The number of aliphatic carboxylic acids is 1. The molecule has 1 aliphatic rings. The van der Waals surface area contributed by atoms with Gasteiger partial charge in [-0.05, 0) is 30.4 Å². The molecule has 2 rings (SSSR count). The lowest BCUT2D eigenvalue weighted by Gasteiger charge is -2.27. The Morgan fingerprint density at radius 2 is 1.95 bits per heavy atom. The monoisotopic (exact) mass is 262 g/mol. The summed E-state index contributed by atoms with van der Waals surface area (Å²) in [4.78, 5) is 11.8. The molecule has 0 spiro atoms. The fourth-order valence-corrected chi connectivity index (χ4v) is 3.04. The molecule has 0 aromatic heterocycles. The summed E-state index contributed by atoms with van der Waals surface area (Å²) in [6, 6.07) is 5.97. The Morgan fingerprint density at radius 3 is 2.42 bits per heavy atom. The number of methoxy groups -OCH3 is 1. The molecule has 0 unspecified atom stereocenters. The van der Waals surface area contributed by atoms with Crippen molar-refractivity contribution in [1.82, 2.24) is 0 Å². The van der Waals surface area contributed by atoms with Gasteiger partial charge in [-0.2, -0.15) is 0 Å². The first kappa shape index (κ1) is 13.9. The largest absolute Gasteiger partial charge is 0.496 e. The van der Waals surface area contributed by atoms with Crippen molar-refractivity contribution in [1.29, 1.82) is 0 Å². The van der Waals surface area contributed by atoms with E-state index in [0.717, 1.165) is 24.2 Å². The Balaban J connectivity index is 2.51. The van der Waals surface area contributed by atoms with Gasteiger partial charge < -0.3 is 9.84 Å². The van der Waals surface area contributed by atoms with Crippen LogP contribution >= 0.6 is 0 Å². The van der Waals surface area contributed by atoms with Crippen molar-refractivity contribution >= 4 is 5.97 Å². The molecule has 0 heterocycles. The predicted molar refractivity (Wildman–Crippen MR) is 74.9 cm³/mol. The summed E-state index contributed by atoms with van der Waals surface area (Å²) in [5.74, 6) is 0.406. The van der Waals surface area contributed by atoms with E-state index in [1.54, 1.807) is 7.11 Å². The van der Waals surface area contributed by atoms with Crippen LogP contribution in [0.4, 0.5) is 0 Å². The van der Waals surface area contributed by atoms with E-state index in [1.165, 1.54) is 5.56 Å². The van der Waals surface area contributed by atoms with Crippen LogP contribution in [0.5, 0.6) is 5.75 Å². The molecule has 3 heteroatoms. The molecule has 0 aliphatic heterocycles. The molecule has 0 amide bonds. The molecule has 1 saturated carbocycles. The number of benzene rings is 1. The second kappa shape index (κ2) is 5.24. The molecule has 19 heavy (non-hydrogen) atoms. The Hall–Kier alpha value is -1.51. The molecule has 0 radical (unpaired) electrons. The van der Waals surface area contributed by atoms with Crippen molar-refractivity contribution < 1.29 is 14.6 Å². The standard InChI is InChI=1S/C16H22O3/c1-11(2)12-6-7-13(14(10-12)19-3)16(15(17)18)8-4-5-9-16/h6-7,10-11H,4-5,8-9H2,1-3H3,(H,17,18). The van der Waals surface area contributed by atoms with Gasteiger partial charge in [0.15, 0.2) is 0 Å². The zero-order valence-corrected chi connectivity index (χ0v) is 11.9. The molecular formula is C16H22O3. The van der Waals surface area contributed by atoms with E-state index in [1.807, 2.05) is 18.2 Å². The number of ether oxygens (including phenoxy) is 1. The smallest absolute Gasteiger partial charge is 0.314 e. The summed E-state index contributed by atoms with van der Waals surface area (Å²) in [7, 11) is 1.62. The molecule has 1 N–H and O–H groups in total. The quantitative estimate of drug-likeness (QED) is 0.899. The average molecular weight is 262 g/mol. The Morgan fingerprint density at radius 1 is 1.32 bits per heavy atom. The zero-order valence-electron chi connectivity index (χ0n) is 11.9. The Labute approximate surface area is 114 Å². The predicted octanol–water partition coefficient (Wildman–Crippen LogP) is 3.72. The van der Waals surface area contributed by atoms with Gasteiger partial charge in [-0.3, -0.25) is 4.79 Å². The first-order chi connectivity index (χ1) is 9.01. The second-order valence-corrected chi connectivity index (χ2v) is 5.71. The van der Waals surface area contributed by atoms with E-state index in [2.05, 4.69) is 13.8 Å². The number of carbonyl (C=O) groups is 1. The van der Waals surface area contributed by atoms with Crippen molar-refractivity contribution in [2.45, 2.75) is 50.9 Å². The summed E-state index contributed by atoms with van der Waals surface area (Å²) >= 11 is 0. The molecule has 104 valence electrons. The van der Waals surface area contributed by atoms with Crippen LogP contribution < -0.4 is 4.74 Å². The van der Waals surface area contributed by atoms with Crippen LogP contribution in [0.1, 0.15) is 56.6 Å². The lowest BCUT2D eigenvalue weighted by molar-refractivity contribution is -0.143. The van der Waals surface area contributed by atoms with Gasteiger partial charge in [0, 0.05) is 5.56 Å². The summed E-state index contributed by atoms with van der Waals surface area (Å²) < 4.78 is 5.46. The van der Waals surface area contributed by atoms with Crippen LogP contribution in [-0.4, -0.2) is 18.2 Å². The summed E-state index contributed by atoms with van der Waals surface area (Å²) in [6.07, 6.45) is 3.36. The minimum Gasteiger partial charge on any atom is -0.496 e. The highest BCUT2D eigenvalue weighted by Crippen LogP contribution is 2.45. The van der Waals surface area contributed by atoms with Crippen LogP contribution in [0.3, 0.4) is 0 Å². The third-order valence-corrected chi connectivity index (χ3v) is 4.27. The zero-order chi connectivity index (χ0) is 14.0. The van der Waals surface area contributed by atoms with Gasteiger partial charge in [-0.1, -0.05) is 38.8 Å². The number of carboxylic acids is 1. The number of rotatable bonds is 4. The summed E-state index contributed by atoms with van der Waals surface area (Å²) in [5, 5.41) is 9.66. The van der Waals surface area contributed by atoms with Crippen LogP contribution in [0.2, 0.25) is 0 Å². The molecule has 3 nitrogen and oxygen atoms in total. The topological polar surface area (TPSA) is 46.5 Å². The van der Waals surface area contributed by atoms with Gasteiger partial charge in [0.1, 0.15) is 5.75 Å². The third-order valence-electron chi connectivity index (χ3n) is 4.27. The minimum atomic E-state index is -0.749. The minimum absolute atomic E-state index is 0.410. The van der Waals surface area contributed by atoms with Gasteiger partial charge in [-0.15, -0.1) is 0 Å². The van der Waals surface area contributed by atoms with Crippen LogP contribution in [-0.2, 0) is 10.2 Å². The highest BCUT2D eigenvalue weighted by atomic mass is 16.5. The van der Waals surface area contributed by atoms with E-state index in [0.29, 0.717) is 18.8 Å². The average Bonchev–Trinajstić information content (AvgIpc) is 2.88. The highest BCUT2D eigenvalue weighted by molar-refractivity contribution is 5.83. The highest BCUT2D eigenvalue weighted by Gasteiger charge is 2.44. The van der Waals surface area contributed by atoms with E-state index >= 15 is 0 Å². The number of carboxylic acid groups (broad SMARTS) is 1. The van der Waals surface area contributed by atoms with Crippen molar-refractivity contribution in [2.24, 2.45) is 0 Å². The molecule has 1 aromatic carbocycles.